The largest absolute Gasteiger partial charge is 0.450 e. The molecule has 11 heteroatoms. The summed E-state index contributed by atoms with van der Waals surface area (Å²) in [6, 6.07) is 4.36. The number of benzene rings is 1. The van der Waals surface area contributed by atoms with Crippen LogP contribution in [0.15, 0.2) is 36.7 Å². The number of halogens is 3. The topological polar surface area (TPSA) is 79.7 Å². The summed E-state index contributed by atoms with van der Waals surface area (Å²) in [5, 5.41) is 6.67. The van der Waals surface area contributed by atoms with E-state index in [9.17, 15) is 22.8 Å². The third kappa shape index (κ3) is 4.98. The lowest BCUT2D eigenvalue weighted by molar-refractivity contribution is -0.137. The van der Waals surface area contributed by atoms with Crippen LogP contribution in [-0.4, -0.2) is 64.5 Å². The Labute approximate surface area is 164 Å². The molecule has 0 unspecified atom stereocenters. The molecule has 156 valence electrons. The number of anilines is 1. The monoisotopic (exact) mass is 411 g/mol. The molecule has 3 amide bonds. The van der Waals surface area contributed by atoms with E-state index in [1.165, 1.54) is 39.0 Å². The van der Waals surface area contributed by atoms with Gasteiger partial charge in [0.05, 0.1) is 35.9 Å². The van der Waals surface area contributed by atoms with Gasteiger partial charge in [0.1, 0.15) is 0 Å². The van der Waals surface area contributed by atoms with Gasteiger partial charge < -0.3 is 19.9 Å². The number of ether oxygens (including phenoxy) is 1. The van der Waals surface area contributed by atoms with Gasteiger partial charge in [-0.2, -0.15) is 18.3 Å². The van der Waals surface area contributed by atoms with Crippen LogP contribution in [-0.2, 0) is 10.9 Å². The zero-order chi connectivity index (χ0) is 21.0. The fraction of sp³-hybridized carbons (Fsp3) is 0.389. The van der Waals surface area contributed by atoms with E-state index in [-0.39, 0.29) is 18.3 Å². The molecule has 1 N–H and O–H groups in total. The van der Waals surface area contributed by atoms with Gasteiger partial charge in [0.2, 0.25) is 0 Å². The second kappa shape index (κ2) is 8.41. The molecule has 1 aliphatic rings. The van der Waals surface area contributed by atoms with E-state index >= 15 is 0 Å². The number of amides is 3. The lowest BCUT2D eigenvalue weighted by Gasteiger charge is -2.33. The van der Waals surface area contributed by atoms with Gasteiger partial charge in [0, 0.05) is 26.2 Å². The average molecular weight is 411 g/mol. The molecule has 1 saturated heterocycles. The number of nitrogens with zero attached hydrogens (tertiary/aromatic N) is 4. The lowest BCUT2D eigenvalue weighted by atomic mass is 10.2. The molecule has 0 bridgehead atoms. The molecule has 1 aromatic heterocycles. The number of aromatic nitrogens is 2. The van der Waals surface area contributed by atoms with Crippen molar-refractivity contribution in [3.05, 3.63) is 42.2 Å². The minimum atomic E-state index is -4.45. The van der Waals surface area contributed by atoms with Crippen LogP contribution in [0, 0.1) is 0 Å². The van der Waals surface area contributed by atoms with Crippen molar-refractivity contribution < 1.29 is 27.5 Å². The van der Waals surface area contributed by atoms with E-state index in [2.05, 4.69) is 10.4 Å². The fourth-order valence-electron chi connectivity index (χ4n) is 2.86. The van der Waals surface area contributed by atoms with Crippen molar-refractivity contribution in [2.75, 3.05) is 38.1 Å². The second-order valence-corrected chi connectivity index (χ2v) is 6.32. The predicted molar refractivity (Wildman–Crippen MR) is 97.8 cm³/mol. The quantitative estimate of drug-likeness (QED) is 0.841. The minimum Gasteiger partial charge on any atom is -0.450 e. The maximum absolute atomic E-state index is 12.9. The van der Waals surface area contributed by atoms with E-state index < -0.39 is 17.8 Å². The number of rotatable bonds is 3. The molecule has 0 saturated carbocycles. The Balaban J connectivity index is 1.60. The van der Waals surface area contributed by atoms with E-state index in [4.69, 9.17) is 4.74 Å². The molecule has 0 spiro atoms. The molecule has 1 aromatic carbocycles. The van der Waals surface area contributed by atoms with E-state index in [0.29, 0.717) is 31.9 Å². The molecule has 1 aliphatic heterocycles. The standard InChI is InChI=1S/C18H20F3N5O3/c1-2-29-17(28)25-8-6-24(7-9-25)16(27)23-14-11-22-26(12-14)15-5-3-4-13(10-15)18(19,20)21/h3-5,10-12H,2,6-9H2,1H3,(H,23,27). The van der Waals surface area contributed by atoms with Crippen molar-refractivity contribution in [1.29, 1.82) is 0 Å². The summed E-state index contributed by atoms with van der Waals surface area (Å²) in [6.07, 6.45) is -2.07. The number of hydrogen-bond acceptors (Lipinski definition) is 4. The van der Waals surface area contributed by atoms with Crippen LogP contribution in [0.4, 0.5) is 28.4 Å². The average Bonchev–Trinajstić information content (AvgIpc) is 3.16. The molecule has 2 aromatic rings. The highest BCUT2D eigenvalue weighted by Gasteiger charge is 2.30. The molecule has 3 rings (SSSR count). The molecule has 0 aliphatic carbocycles. The highest BCUT2D eigenvalue weighted by atomic mass is 19.4. The molecule has 1 fully saturated rings. The number of urea groups is 1. The summed E-state index contributed by atoms with van der Waals surface area (Å²) in [7, 11) is 0. The second-order valence-electron chi connectivity index (χ2n) is 6.32. The van der Waals surface area contributed by atoms with Crippen LogP contribution in [0.5, 0.6) is 0 Å². The highest BCUT2D eigenvalue weighted by molar-refractivity contribution is 5.89. The molecule has 0 radical (unpaired) electrons. The van der Waals surface area contributed by atoms with Crippen molar-refractivity contribution in [3.8, 4) is 5.69 Å². The number of alkyl halides is 3. The Morgan fingerprint density at radius 2 is 1.86 bits per heavy atom. The lowest BCUT2D eigenvalue weighted by Crippen LogP contribution is -2.51. The summed E-state index contributed by atoms with van der Waals surface area (Å²) in [5.74, 6) is 0. The SMILES string of the molecule is CCOC(=O)N1CCN(C(=O)Nc2cnn(-c3cccc(C(F)(F)F)c3)c2)CC1. The van der Waals surface area contributed by atoms with Crippen molar-refractivity contribution >= 4 is 17.8 Å². The molecule has 8 nitrogen and oxygen atoms in total. The Kier molecular flexibility index (Phi) is 5.95. The molecule has 0 atom stereocenters. The zero-order valence-electron chi connectivity index (χ0n) is 15.6. The van der Waals surface area contributed by atoms with Crippen molar-refractivity contribution in [1.82, 2.24) is 19.6 Å². The maximum Gasteiger partial charge on any atom is 0.416 e. The number of carbonyl (C=O) groups is 2. The summed E-state index contributed by atoms with van der Waals surface area (Å²) in [6.45, 7) is 3.40. The van der Waals surface area contributed by atoms with Crippen molar-refractivity contribution in [2.45, 2.75) is 13.1 Å². The number of hydrogen-bond donors (Lipinski definition) is 1. The normalized spacial score (nSPS) is 14.6. The van der Waals surface area contributed by atoms with Crippen LogP contribution in [0.2, 0.25) is 0 Å². The first kappa shape index (κ1) is 20.5. The summed E-state index contributed by atoms with van der Waals surface area (Å²) >= 11 is 0. The Bertz CT molecular complexity index is 876. The first-order valence-corrected chi connectivity index (χ1v) is 8.98. The van der Waals surface area contributed by atoms with Gasteiger partial charge in [-0.25, -0.2) is 14.3 Å². The van der Waals surface area contributed by atoms with Crippen LogP contribution in [0.25, 0.3) is 5.69 Å². The van der Waals surface area contributed by atoms with E-state index in [1.54, 1.807) is 6.92 Å². The maximum atomic E-state index is 12.9. The predicted octanol–water partition coefficient (Wildman–Crippen LogP) is 3.20. The highest BCUT2D eigenvalue weighted by Crippen LogP contribution is 2.30. The smallest absolute Gasteiger partial charge is 0.416 e. The van der Waals surface area contributed by atoms with Gasteiger partial charge in [-0.05, 0) is 25.1 Å². The van der Waals surface area contributed by atoms with Crippen LogP contribution < -0.4 is 5.32 Å². The first-order chi connectivity index (χ1) is 13.8. The van der Waals surface area contributed by atoms with Gasteiger partial charge in [0.25, 0.3) is 0 Å². The molecule has 29 heavy (non-hydrogen) atoms. The Morgan fingerprint density at radius 3 is 2.52 bits per heavy atom. The van der Waals surface area contributed by atoms with E-state index in [1.807, 2.05) is 0 Å². The van der Waals surface area contributed by atoms with Gasteiger partial charge >= 0.3 is 18.3 Å². The number of carbonyl (C=O) groups excluding carboxylic acids is 2. The minimum absolute atomic E-state index is 0.225. The Hall–Kier alpha value is -3.24. The molecule has 2 heterocycles. The van der Waals surface area contributed by atoms with Crippen LogP contribution >= 0.6 is 0 Å². The van der Waals surface area contributed by atoms with E-state index in [0.717, 1.165) is 12.1 Å². The van der Waals surface area contributed by atoms with Gasteiger partial charge in [-0.3, -0.25) is 0 Å². The van der Waals surface area contributed by atoms with Gasteiger partial charge in [-0.1, -0.05) is 6.07 Å². The Morgan fingerprint density at radius 1 is 1.17 bits per heavy atom. The van der Waals surface area contributed by atoms with Crippen molar-refractivity contribution in [3.63, 3.8) is 0 Å². The molecular formula is C18H20F3N5O3. The fourth-order valence-corrected chi connectivity index (χ4v) is 2.86. The van der Waals surface area contributed by atoms with Crippen LogP contribution in [0.3, 0.4) is 0 Å². The zero-order valence-corrected chi connectivity index (χ0v) is 15.6. The number of nitrogens with one attached hydrogen (secondary N) is 1. The summed E-state index contributed by atoms with van der Waals surface area (Å²) < 4.78 is 44.8. The first-order valence-electron chi connectivity index (χ1n) is 8.98. The summed E-state index contributed by atoms with van der Waals surface area (Å²) in [5.41, 5.74) is -0.209. The third-order valence-electron chi connectivity index (χ3n) is 4.36. The van der Waals surface area contributed by atoms with Gasteiger partial charge in [-0.15, -0.1) is 0 Å². The van der Waals surface area contributed by atoms with Crippen molar-refractivity contribution in [2.24, 2.45) is 0 Å². The van der Waals surface area contributed by atoms with Gasteiger partial charge in [0.15, 0.2) is 0 Å². The third-order valence-corrected chi connectivity index (χ3v) is 4.36. The number of piperazine rings is 1. The van der Waals surface area contributed by atoms with Crippen LogP contribution in [0.1, 0.15) is 12.5 Å². The molecular weight excluding hydrogens is 391 g/mol. The summed E-state index contributed by atoms with van der Waals surface area (Å²) in [4.78, 5) is 27.2.